The molecule has 0 bridgehead atoms. The van der Waals surface area contributed by atoms with Gasteiger partial charge in [-0.2, -0.15) is 0 Å². The molecular formula is C27H26N4O2. The summed E-state index contributed by atoms with van der Waals surface area (Å²) in [5, 5.41) is 2.98. The van der Waals surface area contributed by atoms with E-state index in [1.807, 2.05) is 84.3 Å². The number of imidazole rings is 1. The number of amides is 2. The highest BCUT2D eigenvalue weighted by Gasteiger charge is 2.40. The Balaban J connectivity index is 1.37. The zero-order valence-electron chi connectivity index (χ0n) is 18.6. The van der Waals surface area contributed by atoms with Gasteiger partial charge in [0.2, 0.25) is 11.9 Å². The molecule has 3 aromatic carbocycles. The van der Waals surface area contributed by atoms with Crippen LogP contribution in [0.2, 0.25) is 0 Å². The summed E-state index contributed by atoms with van der Waals surface area (Å²) in [6.07, 6.45) is 0.842. The number of anilines is 1. The fourth-order valence-corrected chi connectivity index (χ4v) is 4.48. The molecule has 1 N–H and O–H groups in total. The van der Waals surface area contributed by atoms with Gasteiger partial charge >= 0.3 is 0 Å². The second-order valence-electron chi connectivity index (χ2n) is 8.49. The average Bonchev–Trinajstić information content (AvgIpc) is 3.31. The molecule has 6 nitrogen and oxygen atoms in total. The lowest BCUT2D eigenvalue weighted by Gasteiger charge is -2.16. The number of benzene rings is 3. The quantitative estimate of drug-likeness (QED) is 0.471. The van der Waals surface area contributed by atoms with Crippen molar-refractivity contribution in [2.24, 2.45) is 0 Å². The van der Waals surface area contributed by atoms with E-state index < -0.39 is 6.04 Å². The van der Waals surface area contributed by atoms with Gasteiger partial charge in [0.05, 0.1) is 24.0 Å². The number of rotatable bonds is 7. The molecule has 1 aliphatic rings. The van der Waals surface area contributed by atoms with Crippen molar-refractivity contribution in [3.8, 4) is 0 Å². The Labute approximate surface area is 192 Å². The first kappa shape index (κ1) is 20.9. The lowest BCUT2D eigenvalue weighted by atomic mass is 10.1. The second kappa shape index (κ2) is 8.90. The van der Waals surface area contributed by atoms with Gasteiger partial charge in [-0.1, -0.05) is 72.3 Å². The highest BCUT2D eigenvalue weighted by molar-refractivity contribution is 6.03. The standard InChI is InChI=1S/C27H26N4O2/c1-19-8-7-11-21(16-19)18-30-26(33)24(31-23-13-6-5-12-22(23)29-27(30)31)17-25(32)28-15-14-20-9-3-2-4-10-20/h2-13,16,24H,14-15,17-18H2,1H3,(H,28,32)/t24-/m1/s1. The maximum atomic E-state index is 13.5. The molecule has 1 aliphatic heterocycles. The molecule has 5 rings (SSSR count). The predicted molar refractivity (Wildman–Crippen MR) is 129 cm³/mol. The molecule has 166 valence electrons. The van der Waals surface area contributed by atoms with Crippen molar-refractivity contribution in [1.29, 1.82) is 0 Å². The molecule has 6 heteroatoms. The summed E-state index contributed by atoms with van der Waals surface area (Å²) in [6.45, 7) is 3.00. The van der Waals surface area contributed by atoms with Crippen LogP contribution in [0.5, 0.6) is 0 Å². The highest BCUT2D eigenvalue weighted by atomic mass is 16.2. The highest BCUT2D eigenvalue weighted by Crippen LogP contribution is 2.37. The van der Waals surface area contributed by atoms with E-state index in [9.17, 15) is 9.59 Å². The van der Waals surface area contributed by atoms with E-state index in [0.717, 1.165) is 28.6 Å². The van der Waals surface area contributed by atoms with Gasteiger partial charge in [-0.15, -0.1) is 0 Å². The fourth-order valence-electron chi connectivity index (χ4n) is 4.48. The number of hydrogen-bond donors (Lipinski definition) is 1. The maximum absolute atomic E-state index is 13.5. The number of carbonyl (C=O) groups is 2. The number of nitrogens with one attached hydrogen (secondary N) is 1. The number of nitrogens with zero attached hydrogens (tertiary/aromatic N) is 3. The van der Waals surface area contributed by atoms with Crippen LogP contribution in [0.1, 0.15) is 29.2 Å². The topological polar surface area (TPSA) is 67.2 Å². The summed E-state index contributed by atoms with van der Waals surface area (Å²) in [6, 6.07) is 25.3. The number of aromatic nitrogens is 2. The minimum Gasteiger partial charge on any atom is -0.356 e. The molecular weight excluding hydrogens is 412 g/mol. The average molecular weight is 439 g/mol. The first-order chi connectivity index (χ1) is 16.1. The molecule has 0 saturated carbocycles. The number of hydrogen-bond acceptors (Lipinski definition) is 3. The van der Waals surface area contributed by atoms with Crippen molar-refractivity contribution in [3.63, 3.8) is 0 Å². The normalized spacial score (nSPS) is 15.1. The summed E-state index contributed by atoms with van der Waals surface area (Å²) in [5.41, 5.74) is 5.04. The van der Waals surface area contributed by atoms with Gasteiger partial charge in [-0.3, -0.25) is 19.1 Å². The van der Waals surface area contributed by atoms with Crippen LogP contribution in [-0.4, -0.2) is 27.9 Å². The Kier molecular flexibility index (Phi) is 5.65. The Morgan fingerprint density at radius 1 is 0.970 bits per heavy atom. The van der Waals surface area contributed by atoms with Crippen LogP contribution in [0.4, 0.5) is 5.95 Å². The van der Waals surface area contributed by atoms with Crippen LogP contribution in [0, 0.1) is 6.92 Å². The van der Waals surface area contributed by atoms with Gasteiger partial charge in [0.25, 0.3) is 5.91 Å². The molecule has 33 heavy (non-hydrogen) atoms. The van der Waals surface area contributed by atoms with Crippen molar-refractivity contribution >= 4 is 28.8 Å². The van der Waals surface area contributed by atoms with Crippen LogP contribution in [0.3, 0.4) is 0 Å². The molecule has 0 radical (unpaired) electrons. The zero-order chi connectivity index (χ0) is 22.8. The third-order valence-corrected chi connectivity index (χ3v) is 6.06. The van der Waals surface area contributed by atoms with Crippen molar-refractivity contribution in [3.05, 3.63) is 95.6 Å². The molecule has 4 aromatic rings. The smallest absolute Gasteiger partial charge is 0.253 e. The van der Waals surface area contributed by atoms with E-state index >= 15 is 0 Å². The number of carbonyl (C=O) groups excluding carboxylic acids is 2. The lowest BCUT2D eigenvalue weighted by molar-refractivity contribution is -0.127. The molecule has 0 aliphatic carbocycles. The van der Waals surface area contributed by atoms with Crippen molar-refractivity contribution < 1.29 is 9.59 Å². The third kappa shape index (κ3) is 4.24. The third-order valence-electron chi connectivity index (χ3n) is 6.06. The molecule has 0 saturated heterocycles. The molecule has 2 amide bonds. The Morgan fingerprint density at radius 3 is 2.55 bits per heavy atom. The minimum atomic E-state index is -0.603. The van der Waals surface area contributed by atoms with Crippen LogP contribution < -0.4 is 10.2 Å². The molecule has 1 aromatic heterocycles. The Hall–Kier alpha value is -3.93. The van der Waals surface area contributed by atoms with Crippen LogP contribution in [-0.2, 0) is 22.6 Å². The van der Waals surface area contributed by atoms with Gasteiger partial charge in [0.1, 0.15) is 6.04 Å². The van der Waals surface area contributed by atoms with Gasteiger partial charge < -0.3 is 5.32 Å². The summed E-state index contributed by atoms with van der Waals surface area (Å²) in [4.78, 5) is 32.7. The van der Waals surface area contributed by atoms with Crippen molar-refractivity contribution in [1.82, 2.24) is 14.9 Å². The number of aryl methyl sites for hydroxylation is 1. The molecule has 0 fully saturated rings. The summed E-state index contributed by atoms with van der Waals surface area (Å²) in [5.74, 6) is 0.373. The van der Waals surface area contributed by atoms with Crippen molar-refractivity contribution in [2.75, 3.05) is 11.4 Å². The van der Waals surface area contributed by atoms with E-state index in [4.69, 9.17) is 4.98 Å². The van der Waals surface area contributed by atoms with Gasteiger partial charge in [-0.05, 0) is 36.6 Å². The zero-order valence-corrected chi connectivity index (χ0v) is 18.6. The van der Waals surface area contributed by atoms with Gasteiger partial charge in [0.15, 0.2) is 0 Å². The minimum absolute atomic E-state index is 0.0886. The Bertz CT molecular complexity index is 1310. The lowest BCUT2D eigenvalue weighted by Crippen LogP contribution is -2.33. The molecule has 1 atom stereocenters. The van der Waals surface area contributed by atoms with E-state index in [2.05, 4.69) is 11.4 Å². The fraction of sp³-hybridized carbons (Fsp3) is 0.222. The van der Waals surface area contributed by atoms with Gasteiger partial charge in [-0.25, -0.2) is 4.98 Å². The van der Waals surface area contributed by atoms with E-state index in [-0.39, 0.29) is 18.2 Å². The monoisotopic (exact) mass is 438 g/mol. The van der Waals surface area contributed by atoms with Crippen LogP contribution >= 0.6 is 0 Å². The Morgan fingerprint density at radius 2 is 1.73 bits per heavy atom. The molecule has 0 spiro atoms. The van der Waals surface area contributed by atoms with Crippen LogP contribution in [0.15, 0.2) is 78.9 Å². The first-order valence-electron chi connectivity index (χ1n) is 11.2. The van der Waals surface area contributed by atoms with Crippen molar-refractivity contribution in [2.45, 2.75) is 32.4 Å². The summed E-state index contributed by atoms with van der Waals surface area (Å²) >= 11 is 0. The van der Waals surface area contributed by atoms with E-state index in [1.165, 1.54) is 5.56 Å². The largest absolute Gasteiger partial charge is 0.356 e. The second-order valence-corrected chi connectivity index (χ2v) is 8.49. The molecule has 0 unspecified atom stereocenters. The molecule has 2 heterocycles. The summed E-state index contributed by atoms with van der Waals surface area (Å²) in [7, 11) is 0. The summed E-state index contributed by atoms with van der Waals surface area (Å²) < 4.78 is 1.92. The van der Waals surface area contributed by atoms with Gasteiger partial charge in [0, 0.05) is 6.54 Å². The van der Waals surface area contributed by atoms with E-state index in [1.54, 1.807) is 4.90 Å². The number of para-hydroxylation sites is 2. The van der Waals surface area contributed by atoms with Crippen LogP contribution in [0.25, 0.3) is 11.0 Å². The SMILES string of the molecule is Cc1cccc(CN2C(=O)[C@@H](CC(=O)NCCc3ccccc3)n3c2nc2ccccc23)c1. The first-order valence-corrected chi connectivity index (χ1v) is 11.2. The van der Waals surface area contributed by atoms with E-state index in [0.29, 0.717) is 19.0 Å². The number of fused-ring (bicyclic) bond motifs is 3. The maximum Gasteiger partial charge on any atom is 0.253 e. The predicted octanol–water partition coefficient (Wildman–Crippen LogP) is 4.18.